The summed E-state index contributed by atoms with van der Waals surface area (Å²) in [6.45, 7) is -2.56. The van der Waals surface area contributed by atoms with Crippen LogP contribution in [-0.4, -0.2) is 383 Å². The summed E-state index contributed by atoms with van der Waals surface area (Å²) >= 11 is 0. The Kier molecular flexibility index (Phi) is 28.4. The summed E-state index contributed by atoms with van der Waals surface area (Å²) in [4.78, 5) is 43.5. The molecule has 10 aliphatic rings. The first-order valence-corrected chi connectivity index (χ1v) is 47.0. The molecule has 10 aliphatic heterocycles. The van der Waals surface area contributed by atoms with E-state index in [0.29, 0.717) is 141 Å². The number of hydrogen-bond donors (Lipinski definition) is 0. The minimum atomic E-state index is -0.625. The third-order valence-electron chi connectivity index (χ3n) is 33.0. The number of nitrogens with zero attached hydrogens (tertiary/aromatic N) is 8. The van der Waals surface area contributed by atoms with Crippen molar-refractivity contribution in [3.63, 3.8) is 0 Å². The molecule has 0 saturated carbocycles. The van der Waals surface area contributed by atoms with Gasteiger partial charge in [0.05, 0.1) is 133 Å². The fourth-order valence-corrected chi connectivity index (χ4v) is 23.9. The fourth-order valence-electron chi connectivity index (χ4n) is 23.9. The summed E-state index contributed by atoms with van der Waals surface area (Å²) in [5, 5.41) is -2.87. The molecule has 16 unspecified atom stereocenters. The van der Waals surface area contributed by atoms with E-state index in [1.807, 2.05) is 121 Å². The summed E-state index contributed by atoms with van der Waals surface area (Å²) in [6.07, 6.45) is 3.54. The topological polar surface area (TPSA) is 142 Å². The molecule has 8 fully saturated rings. The van der Waals surface area contributed by atoms with Gasteiger partial charge in [0, 0.05) is 288 Å². The Morgan fingerprint density at radius 3 is 0.596 bits per heavy atom. The molecule has 578 valence electrons. The zero-order valence-electron chi connectivity index (χ0n) is 77.8. The molecule has 13 heterocycles. The Morgan fingerprint density at radius 1 is 0.220 bits per heavy atom. The Bertz CT molecular complexity index is 6330. The maximum atomic E-state index is 7.07. The van der Waals surface area contributed by atoms with Crippen LogP contribution >= 0.6 is 0 Å². The van der Waals surface area contributed by atoms with E-state index in [2.05, 4.69) is 24.3 Å². The van der Waals surface area contributed by atoms with E-state index in [1.54, 1.807) is 115 Å². The maximum Gasteiger partial charge on any atom is 2.00 e. The van der Waals surface area contributed by atoms with Gasteiger partial charge in [0.2, 0.25) is 0 Å². The third kappa shape index (κ3) is 17.4. The smallest absolute Gasteiger partial charge is 0.457 e. The average Bonchev–Trinajstić information content (AvgIpc) is 1.56. The largest absolute Gasteiger partial charge is 2.00 e. The number of hydrogen-bond acceptors (Lipinski definition) is 10. The van der Waals surface area contributed by atoms with Crippen molar-refractivity contribution in [1.29, 1.82) is 0 Å². The first kappa shape index (κ1) is 102. The van der Waals surface area contributed by atoms with Gasteiger partial charge in [0.15, 0.2) is 0 Å². The molecule has 8 bridgehead atoms. The van der Waals surface area contributed by atoms with Crippen LogP contribution < -0.4 is 28.9 Å². The molecule has 8 saturated heterocycles. The van der Waals surface area contributed by atoms with E-state index in [-0.39, 0.29) is 164 Å². The van der Waals surface area contributed by atoms with Crippen molar-refractivity contribution in [3.8, 4) is 91.5 Å². The van der Waals surface area contributed by atoms with Crippen LogP contribution in [0.5, 0.6) is 46.0 Å². The van der Waals surface area contributed by atoms with Gasteiger partial charge in [0.1, 0.15) is 46.0 Å². The van der Waals surface area contributed by atoms with Crippen LogP contribution in [-0.2, 0) is 70.8 Å². The van der Waals surface area contributed by atoms with Gasteiger partial charge >= 0.3 is 19.5 Å². The van der Waals surface area contributed by atoms with Crippen LogP contribution in [0.4, 0.5) is 0 Å². The number of fused-ring (bicyclic) bond motifs is 20. The first-order chi connectivity index (χ1) is 67.5. The predicted octanol–water partition coefficient (Wildman–Crippen LogP) is -0.169. The van der Waals surface area contributed by atoms with Crippen molar-refractivity contribution in [2.75, 3.05) is 0 Å². The van der Waals surface area contributed by atoms with E-state index < -0.39 is 41.7 Å². The summed E-state index contributed by atoms with van der Waals surface area (Å²) < 4.78 is 28.3. The molecule has 21 rings (SSSR count). The SMILES string of the molecule is [B][10B]C1[10B]([B])C1([10B][B])Cc1cc(CC2([10B][B])[10B]([B])C2[10B][B])cc(Oc2ccc3c(c2)-c2nc-3nc3[n-]c(nc4nc(nc5[n-]c(n2)c2ccc(Oc6cc(CC7([10B][B])[10B]([B])C7[10B][B])cc(CC7([10B][B])[10B]([B])C7[10B][B])c6)cc52)-c2ccc(Oc5cc(CC6([10B][B])[10B]([B])C6[10B][B])cc(CC6([10B][B])[10B]([B])C6[10B][B])c5)cc2-4)c2ccc(Oc4cc(CC5([10B][B])[10B]([B])C5[10B][B])cc(CC5([10B][B])[10B]([B])C5[10B][B])c4)cc32)c1.[Zn+2]. The van der Waals surface area contributed by atoms with E-state index in [4.69, 9.17) is 245 Å². The van der Waals surface area contributed by atoms with Gasteiger partial charge in [-0.2, -0.15) is 0 Å². The van der Waals surface area contributed by atoms with Crippen molar-refractivity contribution in [2.45, 2.75) is 139 Å². The first-order valence-electron chi connectivity index (χ1n) is 47.0. The van der Waals surface area contributed by atoms with Crippen LogP contribution in [0.2, 0.25) is 87.4 Å². The second-order valence-corrected chi connectivity index (χ2v) is 40.3. The van der Waals surface area contributed by atoms with Gasteiger partial charge < -0.3 is 48.9 Å². The summed E-state index contributed by atoms with van der Waals surface area (Å²) in [7, 11) is 181. The van der Waals surface area contributed by atoms with Crippen molar-refractivity contribution < 1.29 is 38.4 Å². The molecule has 141 heavy (non-hydrogen) atoms. The number of benzene rings is 8. The zero-order chi connectivity index (χ0) is 98.1. The molecule has 11 aromatic rings. The molecule has 0 N–H and O–H groups in total. The molecule has 12 nitrogen and oxygen atoms in total. The molecule has 0 amide bonds. The molecule has 3 aromatic heterocycles. The van der Waals surface area contributed by atoms with Gasteiger partial charge in [-0.05, 0) is 239 Å². The zero-order valence-corrected chi connectivity index (χ0v) is 80.7. The van der Waals surface area contributed by atoms with Crippen molar-refractivity contribution in [2.24, 2.45) is 0 Å². The van der Waals surface area contributed by atoms with Crippen LogP contribution in [0.25, 0.3) is 89.7 Å². The van der Waals surface area contributed by atoms with E-state index in [1.165, 1.54) is 0 Å². The molecule has 16 atom stereocenters. The molecular formula is C80H48B48N8O4Zn. The van der Waals surface area contributed by atoms with Crippen molar-refractivity contribution in [3.05, 3.63) is 190 Å². The second kappa shape index (κ2) is 39.2. The van der Waals surface area contributed by atoms with Crippen LogP contribution in [0.1, 0.15) is 44.5 Å². The van der Waals surface area contributed by atoms with Gasteiger partial charge in [-0.1, -0.05) is 24.3 Å². The van der Waals surface area contributed by atoms with E-state index in [0.717, 1.165) is 44.5 Å². The minimum absolute atomic E-state index is 0. The second-order valence-electron chi connectivity index (χ2n) is 40.3. The molecule has 61 heteroatoms. The van der Waals surface area contributed by atoms with E-state index in [9.17, 15) is 0 Å². The number of rotatable bonds is 40. The summed E-state index contributed by atoms with van der Waals surface area (Å²) in [5.74, 6) is 4.42. The molecular weight excluding hydrogens is 1700 g/mol. The molecule has 64 radical (unpaired) electrons. The monoisotopic (exact) mass is 1750 g/mol. The normalized spacial score (nSPS) is 27.1. The molecule has 0 aliphatic carbocycles. The van der Waals surface area contributed by atoms with Crippen molar-refractivity contribution in [1.82, 2.24) is 39.9 Å². The predicted molar refractivity (Wildman–Crippen MR) is 617 cm³/mol. The minimum Gasteiger partial charge on any atom is -0.457 e. The van der Waals surface area contributed by atoms with Crippen LogP contribution in [0.3, 0.4) is 0 Å². The fraction of sp³-hybridized carbons (Fsp3) is 0.300. The quantitative estimate of drug-likeness (QED) is 0.0472. The van der Waals surface area contributed by atoms with Crippen LogP contribution in [0, 0.1) is 0 Å². The third-order valence-corrected chi connectivity index (χ3v) is 33.0. The maximum absolute atomic E-state index is 7.07. The standard InChI is InChI=1S/C80H48B48N8O4.Zn/c81-105-65-73(113-89,121(65)97)25-33-9-34(26-74(114-90)66(106-82)122(74)98)14-45(13-33)137-41-1-5-49-53(21-41)61-129-57(49)133-62-54-22-42(138-46-15-35(27-75(115-91)67(107-83)123(75)99)10-36(16-46)28-76(116-92)68(108-84)124(76)100)2-6-50(54)59(130-62)135-64-56-24-44(140-48-19-39(31-79(119-95)71(111-87)127(79)103)12-40(20-48)32-80(120-96)72(112-88)128(80)104)4-8-52(56)60(132-64)136-63-55-23-43(3-7-51(55)58(131-63)134-61)139-47-17-37(29-77(117-93)69(109-85)125(77)101)11-38(18-47)30-78(118-94)70(110-86)126(78)102;/h1-24,65-72H,25-32H2;/q-2;+2/i105-1,106-1,107-1,108-1,109-1,110-1,111-1,112-1,113-1,114-1,115-1,116-1,117-1,118-1,119-1,120-1,121-1,122-1,123-1,124-1,125-1,126-1,127-1,128-1;. The summed E-state index contributed by atoms with van der Waals surface area (Å²) in [5.41, 5.74) is 8.65. The Hall–Kier alpha value is -5.94. The van der Waals surface area contributed by atoms with Gasteiger partial charge in [-0.25, -0.2) is 9.97 Å². The Morgan fingerprint density at radius 2 is 0.404 bits per heavy atom. The van der Waals surface area contributed by atoms with Crippen LogP contribution in [0.15, 0.2) is 146 Å². The van der Waals surface area contributed by atoms with E-state index >= 15 is 0 Å². The number of aromatic nitrogens is 8. The van der Waals surface area contributed by atoms with Gasteiger partial charge in [0.25, 0.3) is 0 Å². The van der Waals surface area contributed by atoms with Gasteiger partial charge in [-0.15, -0.1) is 87.4 Å². The molecule has 0 spiro atoms. The molecule has 8 aromatic carbocycles. The number of ether oxygens (including phenoxy) is 4. The van der Waals surface area contributed by atoms with Gasteiger partial charge in [-0.3, -0.25) is 0 Å². The Balaban J connectivity index is 0.0000122. The Labute approximate surface area is 888 Å². The average molecular weight is 1750 g/mol. The summed E-state index contributed by atoms with van der Waals surface area (Å²) in [6, 6.07) is 46.5. The van der Waals surface area contributed by atoms with Crippen molar-refractivity contribution >= 4 is 397 Å².